The molecule has 0 saturated heterocycles. The van der Waals surface area contributed by atoms with Gasteiger partial charge < -0.3 is 10.2 Å². The first-order valence-electron chi connectivity index (χ1n) is 8.63. The number of carbonyl (C=O) groups is 2. The normalized spacial score (nSPS) is 17.8. The van der Waals surface area contributed by atoms with Crippen LogP contribution < -0.4 is 10.2 Å². The fourth-order valence-electron chi connectivity index (χ4n) is 3.71. The van der Waals surface area contributed by atoms with Gasteiger partial charge in [-0.1, -0.05) is 6.07 Å². The van der Waals surface area contributed by atoms with Gasteiger partial charge in [0.1, 0.15) is 0 Å². The van der Waals surface area contributed by atoms with E-state index in [4.69, 9.17) is 0 Å². The van der Waals surface area contributed by atoms with Crippen LogP contribution in [-0.2, 0) is 21.4 Å². The van der Waals surface area contributed by atoms with E-state index in [1.54, 1.807) is 18.1 Å². The van der Waals surface area contributed by atoms with Crippen LogP contribution in [0.3, 0.4) is 0 Å². The van der Waals surface area contributed by atoms with Crippen molar-refractivity contribution in [3.8, 4) is 11.1 Å². The molecule has 2 heterocycles. The summed E-state index contributed by atoms with van der Waals surface area (Å²) in [7, 11) is 3.50. The van der Waals surface area contributed by atoms with Crippen molar-refractivity contribution in [1.82, 2.24) is 10.3 Å². The van der Waals surface area contributed by atoms with Crippen molar-refractivity contribution in [1.29, 1.82) is 0 Å². The number of hydrogen-bond donors (Lipinski definition) is 1. The Hall–Kier alpha value is -2.69. The van der Waals surface area contributed by atoms with Gasteiger partial charge in [0.25, 0.3) is 0 Å². The lowest BCUT2D eigenvalue weighted by molar-refractivity contribution is -0.123. The van der Waals surface area contributed by atoms with Crippen LogP contribution in [0.25, 0.3) is 11.1 Å². The van der Waals surface area contributed by atoms with Crippen molar-refractivity contribution >= 4 is 17.5 Å². The summed E-state index contributed by atoms with van der Waals surface area (Å²) in [5.41, 5.74) is 4.82. The number of carbonyl (C=O) groups excluding carboxylic acids is 2. The molecule has 0 atom stereocenters. The highest BCUT2D eigenvalue weighted by Crippen LogP contribution is 2.48. The molecule has 2 aliphatic rings. The van der Waals surface area contributed by atoms with Crippen LogP contribution in [0.5, 0.6) is 0 Å². The van der Waals surface area contributed by atoms with Crippen LogP contribution in [0.2, 0.25) is 0 Å². The molecule has 1 N–H and O–H groups in total. The molecule has 1 aromatic heterocycles. The number of nitrogens with one attached hydrogen (secondary N) is 1. The topological polar surface area (TPSA) is 62.3 Å². The minimum atomic E-state index is -0.404. The molecule has 2 aromatic rings. The number of aromatic nitrogens is 1. The summed E-state index contributed by atoms with van der Waals surface area (Å²) in [4.78, 5) is 30.2. The number of likely N-dealkylation sites (N-methyl/N-ethyl adjacent to an activating group) is 1. The maximum absolute atomic E-state index is 12.2. The first kappa shape index (κ1) is 15.8. The van der Waals surface area contributed by atoms with E-state index >= 15 is 0 Å². The van der Waals surface area contributed by atoms with E-state index in [2.05, 4.69) is 22.4 Å². The Morgan fingerprint density at radius 2 is 1.96 bits per heavy atom. The molecule has 0 spiro atoms. The van der Waals surface area contributed by atoms with E-state index in [-0.39, 0.29) is 11.8 Å². The minimum absolute atomic E-state index is 0.0667. The Morgan fingerprint density at radius 1 is 1.16 bits per heavy atom. The number of aryl methyl sites for hydroxylation is 1. The molecule has 0 radical (unpaired) electrons. The summed E-state index contributed by atoms with van der Waals surface area (Å²) in [5.74, 6) is 0.224. The van der Waals surface area contributed by atoms with Crippen molar-refractivity contribution in [2.24, 2.45) is 0 Å². The predicted octanol–water partition coefficient (Wildman–Crippen LogP) is 2.44. The van der Waals surface area contributed by atoms with E-state index in [1.165, 1.54) is 5.56 Å². The van der Waals surface area contributed by atoms with Gasteiger partial charge in [0, 0.05) is 44.2 Å². The van der Waals surface area contributed by atoms with Crippen LogP contribution in [-0.4, -0.2) is 30.9 Å². The van der Waals surface area contributed by atoms with Gasteiger partial charge in [-0.2, -0.15) is 0 Å². The highest BCUT2D eigenvalue weighted by molar-refractivity contribution is 5.96. The first-order chi connectivity index (χ1) is 12.0. The molecule has 1 saturated carbocycles. The predicted molar refractivity (Wildman–Crippen MR) is 96.4 cm³/mol. The molecular formula is C20H21N3O2. The molecule has 1 aromatic carbocycles. The van der Waals surface area contributed by atoms with Crippen molar-refractivity contribution in [3.63, 3.8) is 0 Å². The number of amides is 2. The van der Waals surface area contributed by atoms with Gasteiger partial charge in [0.05, 0.1) is 5.41 Å². The molecule has 1 aliphatic carbocycles. The van der Waals surface area contributed by atoms with E-state index < -0.39 is 5.41 Å². The number of nitrogens with zero attached hydrogens (tertiary/aromatic N) is 2. The highest BCUT2D eigenvalue weighted by Gasteiger charge is 2.51. The average Bonchev–Trinajstić information content (AvgIpc) is 3.46. The zero-order valence-electron chi connectivity index (χ0n) is 14.5. The van der Waals surface area contributed by atoms with Crippen LogP contribution >= 0.6 is 0 Å². The second-order valence-electron chi connectivity index (χ2n) is 6.92. The third-order valence-electron chi connectivity index (χ3n) is 5.46. The van der Waals surface area contributed by atoms with Gasteiger partial charge in [-0.25, -0.2) is 0 Å². The Kier molecular flexibility index (Phi) is 3.60. The summed E-state index contributed by atoms with van der Waals surface area (Å²) >= 11 is 0. The molecule has 0 bridgehead atoms. The summed E-state index contributed by atoms with van der Waals surface area (Å²) in [6.07, 6.45) is 6.69. The average molecular weight is 335 g/mol. The summed E-state index contributed by atoms with van der Waals surface area (Å²) < 4.78 is 0. The number of pyridine rings is 1. The van der Waals surface area contributed by atoms with Crippen molar-refractivity contribution in [3.05, 3.63) is 47.8 Å². The van der Waals surface area contributed by atoms with Crippen molar-refractivity contribution in [2.75, 3.05) is 19.0 Å². The third-order valence-corrected chi connectivity index (χ3v) is 5.46. The first-order valence-corrected chi connectivity index (χ1v) is 8.63. The molecule has 1 aliphatic heterocycles. The van der Waals surface area contributed by atoms with Gasteiger partial charge >= 0.3 is 0 Å². The quantitative estimate of drug-likeness (QED) is 0.937. The fraction of sp³-hybridized carbons (Fsp3) is 0.350. The van der Waals surface area contributed by atoms with Gasteiger partial charge in [0.15, 0.2) is 0 Å². The summed E-state index contributed by atoms with van der Waals surface area (Å²) in [5, 5.41) is 2.77. The Labute approximate surface area is 147 Å². The van der Waals surface area contributed by atoms with Gasteiger partial charge in [-0.05, 0) is 54.2 Å². The number of fused-ring (bicyclic) bond motifs is 1. The largest absolute Gasteiger partial charge is 0.358 e. The van der Waals surface area contributed by atoms with E-state index in [0.29, 0.717) is 6.42 Å². The highest BCUT2D eigenvalue weighted by atomic mass is 16.2. The lowest BCUT2D eigenvalue weighted by Gasteiger charge is -2.26. The van der Waals surface area contributed by atoms with Crippen LogP contribution in [0.4, 0.5) is 5.69 Å². The second-order valence-corrected chi connectivity index (χ2v) is 6.92. The number of anilines is 1. The maximum atomic E-state index is 12.2. The molecule has 5 heteroatoms. The molecular weight excluding hydrogens is 314 g/mol. The van der Waals surface area contributed by atoms with E-state index in [1.807, 2.05) is 25.4 Å². The van der Waals surface area contributed by atoms with Crippen molar-refractivity contribution in [2.45, 2.75) is 31.1 Å². The lowest BCUT2D eigenvalue weighted by Crippen LogP contribution is -2.32. The van der Waals surface area contributed by atoms with Gasteiger partial charge in [0.2, 0.25) is 11.8 Å². The smallest absolute Gasteiger partial charge is 0.230 e. The van der Waals surface area contributed by atoms with Crippen LogP contribution in [0.1, 0.15) is 30.4 Å². The lowest BCUT2D eigenvalue weighted by atomic mass is 9.92. The Balaban J connectivity index is 1.71. The van der Waals surface area contributed by atoms with Crippen molar-refractivity contribution < 1.29 is 9.59 Å². The van der Waals surface area contributed by atoms with Gasteiger partial charge in [-0.15, -0.1) is 0 Å². The maximum Gasteiger partial charge on any atom is 0.230 e. The molecule has 4 rings (SSSR count). The molecule has 2 amide bonds. The standard InChI is InChI=1S/C20H21N3O2/c1-21-19(25)20(7-8-20)16-10-15(11-22-12-16)13-3-5-17-14(9-13)4-6-18(24)23(17)2/h3,5,9-12H,4,6-8H2,1-2H3,(H,21,25). The summed E-state index contributed by atoms with van der Waals surface area (Å²) in [6, 6.07) is 8.24. The van der Waals surface area contributed by atoms with Crippen LogP contribution in [0, 0.1) is 0 Å². The zero-order chi connectivity index (χ0) is 17.6. The molecule has 128 valence electrons. The Bertz CT molecular complexity index is 871. The van der Waals surface area contributed by atoms with E-state index in [9.17, 15) is 9.59 Å². The number of hydrogen-bond acceptors (Lipinski definition) is 3. The third kappa shape index (κ3) is 2.51. The van der Waals surface area contributed by atoms with Crippen LogP contribution in [0.15, 0.2) is 36.7 Å². The Morgan fingerprint density at radius 3 is 2.68 bits per heavy atom. The second kappa shape index (κ2) is 5.69. The molecule has 5 nitrogen and oxygen atoms in total. The summed E-state index contributed by atoms with van der Waals surface area (Å²) in [6.45, 7) is 0. The monoisotopic (exact) mass is 335 g/mol. The minimum Gasteiger partial charge on any atom is -0.358 e. The van der Waals surface area contributed by atoms with Gasteiger partial charge in [-0.3, -0.25) is 14.6 Å². The molecule has 25 heavy (non-hydrogen) atoms. The van der Waals surface area contributed by atoms with E-state index in [0.717, 1.165) is 41.6 Å². The molecule has 0 unspecified atom stereocenters. The SMILES string of the molecule is CNC(=O)C1(c2cncc(-c3ccc4c(c3)CCC(=O)N4C)c2)CC1. The zero-order valence-corrected chi connectivity index (χ0v) is 14.5. The fourth-order valence-corrected chi connectivity index (χ4v) is 3.71. The number of benzene rings is 1. The number of rotatable bonds is 3. The molecule has 1 fully saturated rings.